The highest BCUT2D eigenvalue weighted by atomic mass is 35.5. The Hall–Kier alpha value is -2.86. The normalized spacial score (nSPS) is 11.3. The van der Waals surface area contributed by atoms with E-state index in [-0.39, 0.29) is 11.4 Å². The van der Waals surface area contributed by atoms with Crippen LogP contribution in [-0.4, -0.2) is 18.9 Å². The molecule has 5 nitrogen and oxygen atoms in total. The molecule has 132 valence electrons. The Kier molecular flexibility index (Phi) is 4.12. The van der Waals surface area contributed by atoms with Gasteiger partial charge in [0.05, 0.1) is 18.8 Å². The molecular weight excluding hydrogens is 355 g/mol. The fourth-order valence-electron chi connectivity index (χ4n) is 3.06. The van der Waals surface area contributed by atoms with Crippen molar-refractivity contribution in [2.45, 2.75) is 13.1 Å². The molecule has 0 bridgehead atoms. The fourth-order valence-corrected chi connectivity index (χ4v) is 3.23. The van der Waals surface area contributed by atoms with Gasteiger partial charge in [0, 0.05) is 36.5 Å². The van der Waals surface area contributed by atoms with Gasteiger partial charge in [-0.1, -0.05) is 29.8 Å². The van der Waals surface area contributed by atoms with Crippen molar-refractivity contribution in [3.05, 3.63) is 87.4 Å². The van der Waals surface area contributed by atoms with Crippen molar-refractivity contribution in [2.24, 2.45) is 7.05 Å². The largest absolute Gasteiger partial charge is 0.338 e. The predicted octanol–water partition coefficient (Wildman–Crippen LogP) is 3.43. The van der Waals surface area contributed by atoms with E-state index in [1.165, 1.54) is 6.07 Å². The molecule has 0 aliphatic heterocycles. The molecule has 1 aromatic carbocycles. The molecule has 3 aromatic heterocycles. The molecule has 0 radical (unpaired) electrons. The molecule has 0 spiro atoms. The first-order valence-electron chi connectivity index (χ1n) is 8.13. The van der Waals surface area contributed by atoms with Gasteiger partial charge < -0.3 is 9.13 Å². The highest BCUT2D eigenvalue weighted by molar-refractivity contribution is 6.29. The maximum Gasteiger partial charge on any atom is 0.275 e. The van der Waals surface area contributed by atoms with Crippen LogP contribution in [0.2, 0.25) is 5.15 Å². The molecule has 0 N–H and O–H groups in total. The number of aromatic nitrogens is 4. The van der Waals surface area contributed by atoms with Crippen LogP contribution in [0.25, 0.3) is 10.9 Å². The van der Waals surface area contributed by atoms with Gasteiger partial charge in [-0.25, -0.2) is 4.39 Å². The summed E-state index contributed by atoms with van der Waals surface area (Å²) in [6, 6.07) is 12.0. The molecule has 7 heteroatoms. The van der Waals surface area contributed by atoms with E-state index in [0.717, 1.165) is 5.39 Å². The highest BCUT2D eigenvalue weighted by Gasteiger charge is 2.12. The summed E-state index contributed by atoms with van der Waals surface area (Å²) in [5.41, 5.74) is 1.63. The maximum atomic E-state index is 14.0. The number of fused-ring (bicyclic) bond motifs is 1. The van der Waals surface area contributed by atoms with Gasteiger partial charge in [0.1, 0.15) is 16.5 Å². The van der Waals surface area contributed by atoms with E-state index in [1.54, 1.807) is 57.5 Å². The number of nitrogens with zero attached hydrogens (tertiary/aromatic N) is 4. The van der Waals surface area contributed by atoms with Crippen molar-refractivity contribution in [2.75, 3.05) is 0 Å². The first-order valence-corrected chi connectivity index (χ1v) is 8.51. The van der Waals surface area contributed by atoms with Crippen LogP contribution >= 0.6 is 11.6 Å². The van der Waals surface area contributed by atoms with Crippen LogP contribution in [0.4, 0.5) is 4.39 Å². The molecule has 0 saturated carbocycles. The Bertz CT molecular complexity index is 1140. The number of aryl methyl sites for hydroxylation is 1. The summed E-state index contributed by atoms with van der Waals surface area (Å²) in [5, 5.41) is 5.62. The smallest absolute Gasteiger partial charge is 0.275 e. The lowest BCUT2D eigenvalue weighted by Gasteiger charge is -2.08. The third-order valence-electron chi connectivity index (χ3n) is 4.40. The summed E-state index contributed by atoms with van der Waals surface area (Å²) < 4.78 is 18.9. The Morgan fingerprint density at radius 1 is 1.08 bits per heavy atom. The van der Waals surface area contributed by atoms with Crippen molar-refractivity contribution in [1.82, 2.24) is 18.9 Å². The van der Waals surface area contributed by atoms with E-state index in [0.29, 0.717) is 35.0 Å². The van der Waals surface area contributed by atoms with Gasteiger partial charge in [0.15, 0.2) is 0 Å². The summed E-state index contributed by atoms with van der Waals surface area (Å²) >= 11 is 6.02. The zero-order chi connectivity index (χ0) is 18.3. The molecule has 26 heavy (non-hydrogen) atoms. The lowest BCUT2D eigenvalue weighted by Crippen LogP contribution is -2.22. The Balaban J connectivity index is 1.74. The molecule has 0 atom stereocenters. The molecule has 3 heterocycles. The summed E-state index contributed by atoms with van der Waals surface area (Å²) in [7, 11) is 1.75. The minimum atomic E-state index is -0.284. The number of hydrogen-bond acceptors (Lipinski definition) is 2. The van der Waals surface area contributed by atoms with Crippen LogP contribution in [0.3, 0.4) is 0 Å². The molecule has 4 aromatic rings. The third kappa shape index (κ3) is 2.93. The van der Waals surface area contributed by atoms with Crippen LogP contribution in [-0.2, 0) is 20.1 Å². The van der Waals surface area contributed by atoms with Crippen molar-refractivity contribution >= 4 is 22.5 Å². The standard InChI is InChI=1S/C19H16ClFN4O/c1-23-17(20)10-15(22-23)12-25-9-7-13-6-8-24(18(13)19(25)26)11-14-4-2-3-5-16(14)21/h2-10H,11-12H2,1H3. The molecular formula is C19H16ClFN4O. The minimum absolute atomic E-state index is 0.148. The van der Waals surface area contributed by atoms with Gasteiger partial charge in [-0.2, -0.15) is 5.10 Å². The van der Waals surface area contributed by atoms with Crippen LogP contribution in [0.5, 0.6) is 0 Å². The fraction of sp³-hybridized carbons (Fsp3) is 0.158. The zero-order valence-electron chi connectivity index (χ0n) is 14.1. The first-order chi connectivity index (χ1) is 12.5. The quantitative estimate of drug-likeness (QED) is 0.552. The first kappa shape index (κ1) is 16.6. The molecule has 0 aliphatic rings. The van der Waals surface area contributed by atoms with Crippen molar-refractivity contribution < 1.29 is 4.39 Å². The summed E-state index contributed by atoms with van der Waals surface area (Å²) in [6.07, 6.45) is 3.54. The Morgan fingerprint density at radius 2 is 1.81 bits per heavy atom. The lowest BCUT2D eigenvalue weighted by atomic mass is 10.2. The summed E-state index contributed by atoms with van der Waals surface area (Å²) in [5.74, 6) is -0.284. The van der Waals surface area contributed by atoms with Crippen molar-refractivity contribution in [3.63, 3.8) is 0 Å². The molecule has 0 aliphatic carbocycles. The van der Waals surface area contributed by atoms with Crippen LogP contribution < -0.4 is 5.56 Å². The second-order valence-electron chi connectivity index (χ2n) is 6.17. The second-order valence-corrected chi connectivity index (χ2v) is 6.56. The summed E-state index contributed by atoms with van der Waals surface area (Å²) in [4.78, 5) is 13.0. The van der Waals surface area contributed by atoms with E-state index >= 15 is 0 Å². The number of halogens is 2. The molecule has 4 rings (SSSR count). The van der Waals surface area contributed by atoms with Gasteiger partial charge in [0.2, 0.25) is 0 Å². The lowest BCUT2D eigenvalue weighted by molar-refractivity contribution is 0.601. The number of hydrogen-bond donors (Lipinski definition) is 0. The van der Waals surface area contributed by atoms with E-state index in [4.69, 9.17) is 11.6 Å². The van der Waals surface area contributed by atoms with E-state index in [1.807, 2.05) is 12.1 Å². The highest BCUT2D eigenvalue weighted by Crippen LogP contribution is 2.16. The number of pyridine rings is 1. The van der Waals surface area contributed by atoms with Crippen molar-refractivity contribution in [1.29, 1.82) is 0 Å². The SMILES string of the molecule is Cn1nc(Cn2ccc3ccn(Cc4ccccc4F)c3c2=O)cc1Cl. The maximum absolute atomic E-state index is 14.0. The van der Waals surface area contributed by atoms with Crippen molar-refractivity contribution in [3.8, 4) is 0 Å². The van der Waals surface area contributed by atoms with E-state index in [9.17, 15) is 9.18 Å². The second kappa shape index (κ2) is 6.46. The van der Waals surface area contributed by atoms with E-state index < -0.39 is 0 Å². The van der Waals surface area contributed by atoms with Gasteiger partial charge in [0.25, 0.3) is 5.56 Å². The van der Waals surface area contributed by atoms with Crippen LogP contribution in [0.15, 0.2) is 59.7 Å². The average molecular weight is 371 g/mol. The Labute approximate surface area is 153 Å². The van der Waals surface area contributed by atoms with Crippen LogP contribution in [0, 0.1) is 5.82 Å². The third-order valence-corrected chi connectivity index (χ3v) is 4.75. The number of rotatable bonds is 4. The van der Waals surface area contributed by atoms with Crippen LogP contribution in [0.1, 0.15) is 11.3 Å². The minimum Gasteiger partial charge on any atom is -0.338 e. The zero-order valence-corrected chi connectivity index (χ0v) is 14.8. The predicted molar refractivity (Wildman–Crippen MR) is 99.0 cm³/mol. The van der Waals surface area contributed by atoms with Gasteiger partial charge in [-0.3, -0.25) is 9.48 Å². The molecule has 0 amide bonds. The average Bonchev–Trinajstić information content (AvgIpc) is 3.16. The summed E-state index contributed by atoms with van der Waals surface area (Å²) in [6.45, 7) is 0.616. The van der Waals surface area contributed by atoms with Gasteiger partial charge in [-0.05, 0) is 18.2 Å². The molecule has 0 unspecified atom stereocenters. The van der Waals surface area contributed by atoms with E-state index in [2.05, 4.69) is 5.10 Å². The monoisotopic (exact) mass is 370 g/mol. The molecule has 0 fully saturated rings. The van der Waals surface area contributed by atoms with Gasteiger partial charge >= 0.3 is 0 Å². The number of benzene rings is 1. The topological polar surface area (TPSA) is 44.8 Å². The van der Waals surface area contributed by atoms with Gasteiger partial charge in [-0.15, -0.1) is 0 Å². The molecule has 0 saturated heterocycles. The Morgan fingerprint density at radius 3 is 2.50 bits per heavy atom.